The van der Waals surface area contributed by atoms with Crippen LogP contribution in [0.15, 0.2) is 89.8 Å². The highest BCUT2D eigenvalue weighted by Crippen LogP contribution is 2.39. The Hall–Kier alpha value is -3.75. The second kappa shape index (κ2) is 9.62. The standard InChI is InChI=1S/C26H22N2O4S2/c1-17-22(19-8-4-2-5-9-19)23(24(27)29)26(33-17)28-25(30)20-14-12-18(13-15-20)16-34(31,32)21-10-6-3-7-11-21/h2-15H,16H2,1H3,(H2,27,29)(H,28,30). The van der Waals surface area contributed by atoms with E-state index in [4.69, 9.17) is 5.73 Å². The fourth-order valence-electron chi connectivity index (χ4n) is 3.68. The van der Waals surface area contributed by atoms with E-state index in [1.807, 2.05) is 37.3 Å². The van der Waals surface area contributed by atoms with E-state index in [2.05, 4.69) is 5.32 Å². The topological polar surface area (TPSA) is 106 Å². The number of rotatable bonds is 7. The van der Waals surface area contributed by atoms with Gasteiger partial charge in [0.15, 0.2) is 9.84 Å². The number of anilines is 1. The molecule has 0 saturated heterocycles. The molecule has 6 nitrogen and oxygen atoms in total. The number of nitrogens with two attached hydrogens (primary N) is 1. The Morgan fingerprint density at radius 1 is 0.882 bits per heavy atom. The lowest BCUT2D eigenvalue weighted by molar-refractivity contribution is 0.100. The van der Waals surface area contributed by atoms with Crippen LogP contribution in [0.5, 0.6) is 0 Å². The van der Waals surface area contributed by atoms with Crippen LogP contribution in [0.25, 0.3) is 11.1 Å². The summed E-state index contributed by atoms with van der Waals surface area (Å²) in [6.45, 7) is 1.87. The molecule has 4 rings (SSSR count). The maximum absolute atomic E-state index is 12.9. The molecular formula is C26H22N2O4S2. The van der Waals surface area contributed by atoms with E-state index >= 15 is 0 Å². The molecule has 1 aromatic heterocycles. The molecule has 0 bridgehead atoms. The maximum atomic E-state index is 12.9. The molecular weight excluding hydrogens is 468 g/mol. The zero-order valence-corrected chi connectivity index (χ0v) is 19.9. The highest BCUT2D eigenvalue weighted by Gasteiger charge is 2.23. The zero-order chi connectivity index (χ0) is 24.3. The second-order valence-electron chi connectivity index (χ2n) is 7.69. The van der Waals surface area contributed by atoms with Crippen molar-refractivity contribution in [3.63, 3.8) is 0 Å². The zero-order valence-electron chi connectivity index (χ0n) is 18.3. The third kappa shape index (κ3) is 4.93. The first-order valence-corrected chi connectivity index (χ1v) is 12.9. The highest BCUT2D eigenvalue weighted by molar-refractivity contribution is 7.90. The van der Waals surface area contributed by atoms with Gasteiger partial charge in [0.2, 0.25) is 0 Å². The van der Waals surface area contributed by atoms with Crippen LogP contribution in [0.1, 0.15) is 31.2 Å². The number of hydrogen-bond acceptors (Lipinski definition) is 5. The quantitative estimate of drug-likeness (QED) is 0.378. The van der Waals surface area contributed by atoms with Crippen LogP contribution in [0.3, 0.4) is 0 Å². The first kappa shape index (κ1) is 23.4. The molecule has 0 spiro atoms. The van der Waals surface area contributed by atoms with Crippen LogP contribution in [-0.2, 0) is 15.6 Å². The van der Waals surface area contributed by atoms with Crippen molar-refractivity contribution in [3.8, 4) is 11.1 Å². The van der Waals surface area contributed by atoms with E-state index < -0.39 is 21.7 Å². The summed E-state index contributed by atoms with van der Waals surface area (Å²) in [5.41, 5.74) is 8.39. The number of carbonyl (C=O) groups excluding carboxylic acids is 2. The predicted molar refractivity (Wildman–Crippen MR) is 135 cm³/mol. The first-order valence-electron chi connectivity index (χ1n) is 10.4. The van der Waals surface area contributed by atoms with Crippen molar-refractivity contribution in [2.45, 2.75) is 17.6 Å². The second-order valence-corrected chi connectivity index (χ2v) is 10.9. The van der Waals surface area contributed by atoms with Gasteiger partial charge in [-0.15, -0.1) is 11.3 Å². The predicted octanol–water partition coefficient (Wildman–Crippen LogP) is 5.05. The summed E-state index contributed by atoms with van der Waals surface area (Å²) in [5, 5.41) is 3.17. The SMILES string of the molecule is Cc1sc(NC(=O)c2ccc(CS(=O)(=O)c3ccccc3)cc2)c(C(N)=O)c1-c1ccccc1. The van der Waals surface area contributed by atoms with E-state index in [0.29, 0.717) is 21.7 Å². The third-order valence-corrected chi connectivity index (χ3v) is 8.02. The average molecular weight is 491 g/mol. The van der Waals surface area contributed by atoms with Crippen LogP contribution < -0.4 is 11.1 Å². The van der Waals surface area contributed by atoms with Gasteiger partial charge in [-0.2, -0.15) is 0 Å². The summed E-state index contributed by atoms with van der Waals surface area (Å²) in [7, 11) is -3.49. The highest BCUT2D eigenvalue weighted by atomic mass is 32.2. The molecule has 0 aliphatic rings. The molecule has 34 heavy (non-hydrogen) atoms. The number of primary amides is 1. The van der Waals surface area contributed by atoms with Crippen molar-refractivity contribution < 1.29 is 18.0 Å². The number of aryl methyl sites for hydroxylation is 1. The third-order valence-electron chi connectivity index (χ3n) is 5.30. The van der Waals surface area contributed by atoms with E-state index in [1.54, 1.807) is 54.6 Å². The number of thiophene rings is 1. The van der Waals surface area contributed by atoms with Gasteiger partial charge >= 0.3 is 0 Å². The van der Waals surface area contributed by atoms with Crippen LogP contribution in [0.4, 0.5) is 5.00 Å². The minimum atomic E-state index is -3.49. The van der Waals surface area contributed by atoms with E-state index in [-0.39, 0.29) is 16.2 Å². The molecule has 8 heteroatoms. The lowest BCUT2D eigenvalue weighted by atomic mass is 10.0. The first-order chi connectivity index (χ1) is 16.3. The molecule has 3 aromatic carbocycles. The number of sulfone groups is 1. The summed E-state index contributed by atoms with van der Waals surface area (Å²) in [4.78, 5) is 26.3. The van der Waals surface area contributed by atoms with Gasteiger partial charge in [-0.05, 0) is 42.3 Å². The summed E-state index contributed by atoms with van der Waals surface area (Å²) in [6, 6.07) is 24.0. The summed E-state index contributed by atoms with van der Waals surface area (Å²) < 4.78 is 25.2. The summed E-state index contributed by atoms with van der Waals surface area (Å²) in [5.74, 6) is -1.21. The van der Waals surface area contributed by atoms with Crippen molar-refractivity contribution >= 4 is 38.0 Å². The summed E-state index contributed by atoms with van der Waals surface area (Å²) in [6.07, 6.45) is 0. The van der Waals surface area contributed by atoms with E-state index in [0.717, 1.165) is 10.4 Å². The molecule has 2 amide bonds. The van der Waals surface area contributed by atoms with Gasteiger partial charge in [0.1, 0.15) is 5.00 Å². The van der Waals surface area contributed by atoms with Gasteiger partial charge in [-0.1, -0.05) is 60.7 Å². The molecule has 0 aliphatic carbocycles. The Balaban J connectivity index is 1.55. The Labute approximate surface area is 202 Å². The van der Waals surface area contributed by atoms with Crippen molar-refractivity contribution in [1.29, 1.82) is 0 Å². The minimum Gasteiger partial charge on any atom is -0.365 e. The summed E-state index contributed by atoms with van der Waals surface area (Å²) >= 11 is 1.28. The molecule has 3 N–H and O–H groups in total. The van der Waals surface area contributed by atoms with Crippen LogP contribution >= 0.6 is 11.3 Å². The lowest BCUT2D eigenvalue weighted by Crippen LogP contribution is -2.17. The molecule has 0 saturated carbocycles. The molecule has 0 atom stereocenters. The van der Waals surface area contributed by atoms with Crippen molar-refractivity contribution in [1.82, 2.24) is 0 Å². The molecule has 1 heterocycles. The number of nitrogens with one attached hydrogen (secondary N) is 1. The molecule has 0 fully saturated rings. The van der Waals surface area contributed by atoms with Crippen molar-refractivity contribution in [3.05, 3.63) is 106 Å². The molecule has 0 unspecified atom stereocenters. The minimum absolute atomic E-state index is 0.171. The molecule has 0 aliphatic heterocycles. The van der Waals surface area contributed by atoms with Crippen LogP contribution in [0.2, 0.25) is 0 Å². The number of amides is 2. The van der Waals surface area contributed by atoms with Crippen LogP contribution in [-0.4, -0.2) is 20.2 Å². The van der Waals surface area contributed by atoms with Crippen molar-refractivity contribution in [2.75, 3.05) is 5.32 Å². The fraction of sp³-hybridized carbons (Fsp3) is 0.0769. The number of hydrogen-bond donors (Lipinski definition) is 2. The normalized spacial score (nSPS) is 11.2. The van der Waals surface area contributed by atoms with Gasteiger partial charge in [-0.3, -0.25) is 9.59 Å². The van der Waals surface area contributed by atoms with Gasteiger partial charge in [0.25, 0.3) is 11.8 Å². The fourth-order valence-corrected chi connectivity index (χ4v) is 6.12. The molecule has 4 aromatic rings. The van der Waals surface area contributed by atoms with E-state index in [1.165, 1.54) is 11.3 Å². The largest absolute Gasteiger partial charge is 0.365 e. The van der Waals surface area contributed by atoms with E-state index in [9.17, 15) is 18.0 Å². The monoisotopic (exact) mass is 490 g/mol. The Morgan fingerprint density at radius 2 is 1.47 bits per heavy atom. The van der Waals surface area contributed by atoms with Gasteiger partial charge < -0.3 is 11.1 Å². The lowest BCUT2D eigenvalue weighted by Gasteiger charge is -2.08. The molecule has 172 valence electrons. The van der Waals surface area contributed by atoms with Gasteiger partial charge in [0.05, 0.1) is 16.2 Å². The Bertz CT molecular complexity index is 1440. The smallest absolute Gasteiger partial charge is 0.256 e. The number of benzene rings is 3. The Kier molecular flexibility index (Phi) is 6.63. The average Bonchev–Trinajstić information content (AvgIpc) is 3.16. The maximum Gasteiger partial charge on any atom is 0.256 e. The Morgan fingerprint density at radius 3 is 2.06 bits per heavy atom. The van der Waals surface area contributed by atoms with Crippen molar-refractivity contribution in [2.24, 2.45) is 5.73 Å². The van der Waals surface area contributed by atoms with Gasteiger partial charge in [-0.25, -0.2) is 8.42 Å². The van der Waals surface area contributed by atoms with Crippen LogP contribution in [0, 0.1) is 6.92 Å². The number of carbonyl (C=O) groups is 2. The van der Waals surface area contributed by atoms with Gasteiger partial charge in [0, 0.05) is 16.0 Å². The molecule has 0 radical (unpaired) electrons.